The zero-order valence-corrected chi connectivity index (χ0v) is 12.7. The van der Waals surface area contributed by atoms with E-state index in [0.717, 1.165) is 0 Å². The lowest BCUT2D eigenvalue weighted by atomic mass is 10.00. The second kappa shape index (κ2) is 5.59. The molecule has 5 nitrogen and oxygen atoms in total. The van der Waals surface area contributed by atoms with Crippen molar-refractivity contribution in [3.63, 3.8) is 0 Å². The van der Waals surface area contributed by atoms with Crippen LogP contribution >= 0.6 is 7.60 Å². The molecule has 1 aliphatic rings. The summed E-state index contributed by atoms with van der Waals surface area (Å²) in [6.45, 7) is 9.26. The van der Waals surface area contributed by atoms with Gasteiger partial charge in [0.25, 0.3) is 0 Å². The zero-order valence-electron chi connectivity index (χ0n) is 11.8. The van der Waals surface area contributed by atoms with Crippen LogP contribution in [-0.4, -0.2) is 27.9 Å². The fourth-order valence-electron chi connectivity index (χ4n) is 2.52. The van der Waals surface area contributed by atoms with Gasteiger partial charge >= 0.3 is 7.60 Å². The van der Waals surface area contributed by atoms with Crippen LogP contribution in [0, 0.1) is 17.8 Å². The minimum Gasteiger partial charge on any atom is -0.393 e. The van der Waals surface area contributed by atoms with Crippen molar-refractivity contribution >= 4 is 7.60 Å². The molecule has 0 aromatic heterocycles. The third kappa shape index (κ3) is 3.34. The third-order valence-corrected chi connectivity index (χ3v) is 5.94. The predicted molar refractivity (Wildman–Crippen MR) is 69.1 cm³/mol. The van der Waals surface area contributed by atoms with Crippen LogP contribution in [0.3, 0.4) is 0 Å². The van der Waals surface area contributed by atoms with Gasteiger partial charge in [0.05, 0.1) is 12.3 Å². The van der Waals surface area contributed by atoms with Crippen molar-refractivity contribution in [3.8, 4) is 0 Å². The molecule has 3 atom stereocenters. The Labute approximate surface area is 109 Å². The van der Waals surface area contributed by atoms with Crippen molar-refractivity contribution in [2.45, 2.75) is 52.3 Å². The van der Waals surface area contributed by atoms with Crippen LogP contribution < -0.4 is 0 Å². The third-order valence-electron chi connectivity index (χ3n) is 3.71. The molecule has 0 radical (unpaired) electrons. The lowest BCUT2D eigenvalue weighted by Gasteiger charge is -2.29. The molecular formula is C12H25O5P. The maximum atomic E-state index is 12.2. The SMILES string of the molecule is CC(C)C(C(C)C)P(=O)(O)OO[C@]1(CO)C[C@H]1C. The summed E-state index contributed by atoms with van der Waals surface area (Å²) in [7, 11) is -3.84. The summed E-state index contributed by atoms with van der Waals surface area (Å²) in [5.41, 5.74) is -1.25. The summed E-state index contributed by atoms with van der Waals surface area (Å²) in [6, 6.07) is 0. The Morgan fingerprint density at radius 2 is 1.78 bits per heavy atom. The topological polar surface area (TPSA) is 76.0 Å². The van der Waals surface area contributed by atoms with Gasteiger partial charge in [-0.05, 0) is 24.2 Å². The van der Waals surface area contributed by atoms with E-state index in [9.17, 15) is 14.6 Å². The molecule has 1 rings (SSSR count). The fraction of sp³-hybridized carbons (Fsp3) is 1.00. The molecule has 1 unspecified atom stereocenters. The highest BCUT2D eigenvalue weighted by Crippen LogP contribution is 2.57. The quantitative estimate of drug-likeness (QED) is 0.426. The standard InChI is InChI=1S/C12H25O5P/c1-8(2)11(9(3)4)18(14,15)17-16-12(7-13)6-10(12)5/h8-11,13H,6-7H2,1-5H3,(H,14,15)/t10-,12+/m1/s1. The summed E-state index contributed by atoms with van der Waals surface area (Å²) in [4.78, 5) is 15.1. The van der Waals surface area contributed by atoms with Crippen molar-refractivity contribution in [1.29, 1.82) is 0 Å². The molecule has 0 aliphatic heterocycles. The average Bonchev–Trinajstić information content (AvgIpc) is 2.85. The van der Waals surface area contributed by atoms with Gasteiger partial charge in [0, 0.05) is 0 Å². The van der Waals surface area contributed by atoms with Gasteiger partial charge < -0.3 is 10.00 Å². The lowest BCUT2D eigenvalue weighted by Crippen LogP contribution is -2.27. The Morgan fingerprint density at radius 3 is 2.06 bits per heavy atom. The first kappa shape index (κ1) is 16.1. The number of hydrogen-bond donors (Lipinski definition) is 2. The average molecular weight is 280 g/mol. The summed E-state index contributed by atoms with van der Waals surface area (Å²) in [5.74, 6) is 0.191. The van der Waals surface area contributed by atoms with E-state index in [1.54, 1.807) is 0 Å². The van der Waals surface area contributed by atoms with Crippen LogP contribution in [0.25, 0.3) is 0 Å². The molecule has 0 heterocycles. The van der Waals surface area contributed by atoms with Gasteiger partial charge in [0.1, 0.15) is 5.60 Å². The Kier molecular flexibility index (Phi) is 5.01. The molecule has 1 aliphatic carbocycles. The van der Waals surface area contributed by atoms with Gasteiger partial charge in [0.15, 0.2) is 0 Å². The summed E-state index contributed by atoms with van der Waals surface area (Å²) in [6.07, 6.45) is 0.650. The molecule has 0 amide bonds. The summed E-state index contributed by atoms with van der Waals surface area (Å²) >= 11 is 0. The van der Waals surface area contributed by atoms with E-state index in [4.69, 9.17) is 9.56 Å². The molecule has 0 spiro atoms. The number of rotatable bonds is 7. The highest BCUT2D eigenvalue weighted by Gasteiger charge is 2.55. The van der Waals surface area contributed by atoms with Gasteiger partial charge in [-0.25, -0.2) is 4.89 Å². The van der Waals surface area contributed by atoms with Crippen LogP contribution in [0.5, 0.6) is 0 Å². The molecule has 1 fully saturated rings. The van der Waals surface area contributed by atoms with E-state index in [0.29, 0.717) is 6.42 Å². The second-order valence-electron chi connectivity index (χ2n) is 6.03. The van der Waals surface area contributed by atoms with Crippen molar-refractivity contribution in [1.82, 2.24) is 0 Å². The first-order valence-corrected chi connectivity index (χ1v) is 8.11. The molecule has 0 bridgehead atoms. The molecular weight excluding hydrogens is 255 g/mol. The van der Waals surface area contributed by atoms with Crippen molar-refractivity contribution in [3.05, 3.63) is 0 Å². The van der Waals surface area contributed by atoms with E-state index >= 15 is 0 Å². The Balaban J connectivity index is 2.66. The predicted octanol–water partition coefficient (Wildman–Crippen LogP) is 2.57. The largest absolute Gasteiger partial charge is 0.393 e. The van der Waals surface area contributed by atoms with Crippen molar-refractivity contribution < 1.29 is 24.1 Å². The summed E-state index contributed by atoms with van der Waals surface area (Å²) < 4.78 is 17.1. The van der Waals surface area contributed by atoms with Gasteiger partial charge in [-0.3, -0.25) is 4.57 Å². The molecule has 6 heteroatoms. The first-order chi connectivity index (χ1) is 8.16. The monoisotopic (exact) mass is 280 g/mol. The number of aliphatic hydroxyl groups excluding tert-OH is 1. The Morgan fingerprint density at radius 1 is 1.33 bits per heavy atom. The first-order valence-electron chi connectivity index (χ1n) is 6.47. The lowest BCUT2D eigenvalue weighted by molar-refractivity contribution is -0.276. The molecule has 0 saturated heterocycles. The second-order valence-corrected chi connectivity index (χ2v) is 7.90. The smallest absolute Gasteiger partial charge is 0.359 e. The maximum absolute atomic E-state index is 12.2. The van der Waals surface area contributed by atoms with Gasteiger partial charge in [-0.2, -0.15) is 0 Å². The van der Waals surface area contributed by atoms with Gasteiger partial charge in [-0.15, -0.1) is 4.67 Å². The van der Waals surface area contributed by atoms with Crippen LogP contribution in [0.15, 0.2) is 0 Å². The molecule has 2 N–H and O–H groups in total. The molecule has 108 valence electrons. The number of aliphatic hydroxyl groups is 1. The number of hydrogen-bond acceptors (Lipinski definition) is 4. The van der Waals surface area contributed by atoms with E-state index in [2.05, 4.69) is 0 Å². The molecule has 1 saturated carbocycles. The Hall–Kier alpha value is 0.0700. The van der Waals surface area contributed by atoms with Crippen molar-refractivity contribution in [2.75, 3.05) is 6.61 Å². The fourth-order valence-corrected chi connectivity index (χ4v) is 4.38. The molecule has 0 aromatic rings. The van der Waals surface area contributed by atoms with E-state index < -0.39 is 18.9 Å². The summed E-state index contributed by atoms with van der Waals surface area (Å²) in [5, 5.41) is 9.20. The van der Waals surface area contributed by atoms with Gasteiger partial charge in [0.2, 0.25) is 0 Å². The van der Waals surface area contributed by atoms with Crippen LogP contribution in [0.1, 0.15) is 41.0 Å². The highest BCUT2D eigenvalue weighted by atomic mass is 31.2. The minimum absolute atomic E-state index is 0.0196. The van der Waals surface area contributed by atoms with Crippen LogP contribution in [-0.2, 0) is 14.1 Å². The van der Waals surface area contributed by atoms with E-state index in [1.807, 2.05) is 34.6 Å². The normalized spacial score (nSPS) is 31.1. The van der Waals surface area contributed by atoms with Crippen LogP contribution in [0.2, 0.25) is 0 Å². The Bertz CT molecular complexity index is 318. The van der Waals surface area contributed by atoms with Crippen molar-refractivity contribution in [2.24, 2.45) is 17.8 Å². The minimum atomic E-state index is -3.84. The zero-order chi connectivity index (χ0) is 14.1. The molecule has 0 aromatic carbocycles. The van der Waals surface area contributed by atoms with E-state index in [-0.39, 0.29) is 24.4 Å². The molecule has 18 heavy (non-hydrogen) atoms. The highest BCUT2D eigenvalue weighted by molar-refractivity contribution is 7.53. The maximum Gasteiger partial charge on any atom is 0.359 e. The van der Waals surface area contributed by atoms with E-state index in [1.165, 1.54) is 0 Å². The van der Waals surface area contributed by atoms with Crippen LogP contribution in [0.4, 0.5) is 0 Å². The van der Waals surface area contributed by atoms with Gasteiger partial charge in [-0.1, -0.05) is 34.6 Å².